The predicted molar refractivity (Wildman–Crippen MR) is 65.8 cm³/mol. The molecule has 0 unspecified atom stereocenters. The number of aliphatic hydroxyl groups is 2. The Bertz CT molecular complexity index is 404. The van der Waals surface area contributed by atoms with Gasteiger partial charge < -0.3 is 24.4 Å². The van der Waals surface area contributed by atoms with Gasteiger partial charge in [-0.1, -0.05) is 0 Å². The molecule has 0 fully saturated rings. The Balaban J connectivity index is 5.19. The highest BCUT2D eigenvalue weighted by atomic mass is 16.6. The first-order valence-corrected chi connectivity index (χ1v) is 5.98. The first-order valence-electron chi connectivity index (χ1n) is 5.98. The highest BCUT2D eigenvalue weighted by molar-refractivity contribution is 5.88. The highest BCUT2D eigenvalue weighted by Crippen LogP contribution is 2.12. The summed E-state index contributed by atoms with van der Waals surface area (Å²) in [6.45, 7) is 1.51. The first-order chi connectivity index (χ1) is 9.68. The zero-order valence-electron chi connectivity index (χ0n) is 11.9. The summed E-state index contributed by atoms with van der Waals surface area (Å²) in [6, 6.07) is 0. The van der Waals surface area contributed by atoms with Gasteiger partial charge in [0.1, 0.15) is 6.10 Å². The topological polar surface area (TPSA) is 136 Å². The molecule has 0 aromatic heterocycles. The minimum atomic E-state index is -1.70. The second-order valence-corrected chi connectivity index (χ2v) is 4.10. The summed E-state index contributed by atoms with van der Waals surface area (Å²) in [5, 5.41) is 18.5. The van der Waals surface area contributed by atoms with Gasteiger partial charge in [0.15, 0.2) is 12.7 Å². The van der Waals surface area contributed by atoms with Crippen molar-refractivity contribution in [2.75, 3.05) is 13.2 Å². The molecule has 0 rings (SSSR count). The van der Waals surface area contributed by atoms with Gasteiger partial charge in [-0.15, -0.1) is 0 Å². The minimum absolute atomic E-state index is 0.733. The van der Waals surface area contributed by atoms with Crippen LogP contribution in [0.15, 0.2) is 0 Å². The molecular formula is C12H18O9. The third kappa shape index (κ3) is 7.37. The third-order valence-corrected chi connectivity index (χ3v) is 2.19. The molecule has 0 aromatic carbocycles. The van der Waals surface area contributed by atoms with E-state index in [9.17, 15) is 24.3 Å². The van der Waals surface area contributed by atoms with Crippen LogP contribution in [0, 0.1) is 0 Å². The Morgan fingerprint density at radius 3 is 1.86 bits per heavy atom. The van der Waals surface area contributed by atoms with Gasteiger partial charge in [-0.25, -0.2) is 0 Å². The van der Waals surface area contributed by atoms with Crippen LogP contribution in [0.5, 0.6) is 0 Å². The maximum atomic E-state index is 11.9. The van der Waals surface area contributed by atoms with E-state index in [4.69, 9.17) is 14.6 Å². The highest BCUT2D eigenvalue weighted by Gasteiger charge is 2.38. The van der Waals surface area contributed by atoms with Crippen molar-refractivity contribution >= 4 is 23.7 Å². The number of carbonyl (C=O) groups excluding carboxylic acids is 4. The molecule has 0 aliphatic rings. The summed E-state index contributed by atoms with van der Waals surface area (Å²) in [6.07, 6.45) is -4.97. The van der Waals surface area contributed by atoms with E-state index in [1.54, 1.807) is 0 Å². The van der Waals surface area contributed by atoms with E-state index in [0.717, 1.165) is 20.8 Å². The van der Waals surface area contributed by atoms with E-state index in [0.29, 0.717) is 0 Å². The predicted octanol–water partition coefficient (Wildman–Crippen LogP) is -1.66. The molecule has 0 bridgehead atoms. The summed E-state index contributed by atoms with van der Waals surface area (Å²) in [5.74, 6) is -3.38. The van der Waals surface area contributed by atoms with Gasteiger partial charge in [0, 0.05) is 20.8 Å². The standard InChI is InChI=1S/C12H18O9/c1-6(14)19-5-10(18)12(21-8(3)16)11(9(17)4-13)20-7(2)15/h9,11-13,17H,4-5H2,1-3H3/t9-,11+,12+/m1/s1. The molecule has 9 nitrogen and oxygen atoms in total. The van der Waals surface area contributed by atoms with Crippen molar-refractivity contribution in [2.45, 2.75) is 39.1 Å². The van der Waals surface area contributed by atoms with Crippen molar-refractivity contribution in [1.29, 1.82) is 0 Å². The van der Waals surface area contributed by atoms with Crippen molar-refractivity contribution in [3.63, 3.8) is 0 Å². The van der Waals surface area contributed by atoms with Crippen molar-refractivity contribution in [2.24, 2.45) is 0 Å². The van der Waals surface area contributed by atoms with E-state index in [-0.39, 0.29) is 0 Å². The molecule has 21 heavy (non-hydrogen) atoms. The van der Waals surface area contributed by atoms with Gasteiger partial charge in [0.2, 0.25) is 11.9 Å². The number of esters is 3. The Morgan fingerprint density at radius 2 is 1.48 bits per heavy atom. The fourth-order valence-electron chi connectivity index (χ4n) is 1.39. The molecule has 0 aliphatic heterocycles. The average Bonchev–Trinajstić information content (AvgIpc) is 2.38. The number of aliphatic hydroxyl groups excluding tert-OH is 2. The fourth-order valence-corrected chi connectivity index (χ4v) is 1.39. The van der Waals surface area contributed by atoms with E-state index >= 15 is 0 Å². The Kier molecular flexibility index (Phi) is 8.17. The molecule has 0 amide bonds. The van der Waals surface area contributed by atoms with Gasteiger partial charge >= 0.3 is 17.9 Å². The Hall–Kier alpha value is -2.00. The maximum absolute atomic E-state index is 11.9. The molecule has 0 radical (unpaired) electrons. The molecule has 0 aliphatic carbocycles. The summed E-state index contributed by atoms with van der Waals surface area (Å²) in [7, 11) is 0. The fraction of sp³-hybridized carbons (Fsp3) is 0.667. The lowest BCUT2D eigenvalue weighted by molar-refractivity contribution is -0.182. The molecule has 0 aromatic rings. The molecule has 0 heterocycles. The molecule has 0 saturated carbocycles. The van der Waals surface area contributed by atoms with Gasteiger partial charge in [0.25, 0.3) is 0 Å². The van der Waals surface area contributed by atoms with Crippen LogP contribution in [0.4, 0.5) is 0 Å². The normalized spacial score (nSPS) is 14.5. The summed E-state index contributed by atoms with van der Waals surface area (Å²) in [5.41, 5.74) is 0. The number of carbonyl (C=O) groups is 4. The lowest BCUT2D eigenvalue weighted by Gasteiger charge is -2.27. The van der Waals surface area contributed by atoms with E-state index < -0.39 is 55.2 Å². The number of ether oxygens (including phenoxy) is 3. The number of ketones is 1. The van der Waals surface area contributed by atoms with Crippen LogP contribution in [0.25, 0.3) is 0 Å². The molecule has 0 saturated heterocycles. The Morgan fingerprint density at radius 1 is 0.952 bits per heavy atom. The largest absolute Gasteiger partial charge is 0.458 e. The first kappa shape index (κ1) is 19.0. The second-order valence-electron chi connectivity index (χ2n) is 4.10. The van der Waals surface area contributed by atoms with Crippen LogP contribution in [0.3, 0.4) is 0 Å². The van der Waals surface area contributed by atoms with Gasteiger partial charge in [-0.05, 0) is 0 Å². The van der Waals surface area contributed by atoms with Crippen LogP contribution in [-0.2, 0) is 33.4 Å². The van der Waals surface area contributed by atoms with E-state index in [2.05, 4.69) is 4.74 Å². The van der Waals surface area contributed by atoms with Gasteiger partial charge in [-0.2, -0.15) is 0 Å². The maximum Gasteiger partial charge on any atom is 0.303 e. The van der Waals surface area contributed by atoms with Crippen LogP contribution >= 0.6 is 0 Å². The SMILES string of the molecule is CC(=O)OCC(=O)[C@H](OC(C)=O)[C@@H](OC(C)=O)[C@H](O)CO. The summed E-state index contributed by atoms with van der Waals surface area (Å²) >= 11 is 0. The van der Waals surface area contributed by atoms with Crippen LogP contribution < -0.4 is 0 Å². The van der Waals surface area contributed by atoms with Crippen LogP contribution in [0.1, 0.15) is 20.8 Å². The molecule has 120 valence electrons. The zero-order valence-corrected chi connectivity index (χ0v) is 11.9. The third-order valence-electron chi connectivity index (χ3n) is 2.19. The summed E-state index contributed by atoms with van der Waals surface area (Å²) < 4.78 is 13.9. The van der Waals surface area contributed by atoms with E-state index in [1.807, 2.05) is 0 Å². The average molecular weight is 306 g/mol. The number of rotatable bonds is 8. The Labute approximate surface area is 120 Å². The zero-order chi connectivity index (χ0) is 16.6. The smallest absolute Gasteiger partial charge is 0.303 e. The summed E-state index contributed by atoms with van der Waals surface area (Å²) in [4.78, 5) is 44.6. The molecule has 9 heteroatoms. The van der Waals surface area contributed by atoms with E-state index in [1.165, 1.54) is 0 Å². The molecule has 2 N–H and O–H groups in total. The van der Waals surface area contributed by atoms with Gasteiger partial charge in [0.05, 0.1) is 6.61 Å². The molecular weight excluding hydrogens is 288 g/mol. The molecule has 3 atom stereocenters. The molecule has 0 spiro atoms. The van der Waals surface area contributed by atoms with Gasteiger partial charge in [-0.3, -0.25) is 19.2 Å². The number of hydrogen-bond acceptors (Lipinski definition) is 9. The second kappa shape index (κ2) is 9.03. The lowest BCUT2D eigenvalue weighted by atomic mass is 10.0. The van der Waals surface area contributed by atoms with Crippen molar-refractivity contribution in [3.8, 4) is 0 Å². The number of Topliss-reactive ketones (excluding diaryl/α,β-unsaturated/α-hetero) is 1. The van der Waals surface area contributed by atoms with Crippen LogP contribution in [-0.4, -0.2) is 65.4 Å². The lowest BCUT2D eigenvalue weighted by Crippen LogP contribution is -2.49. The van der Waals surface area contributed by atoms with Crippen molar-refractivity contribution < 1.29 is 43.6 Å². The number of hydrogen-bond donors (Lipinski definition) is 2. The van der Waals surface area contributed by atoms with Crippen molar-refractivity contribution in [1.82, 2.24) is 0 Å². The van der Waals surface area contributed by atoms with Crippen molar-refractivity contribution in [3.05, 3.63) is 0 Å². The van der Waals surface area contributed by atoms with Crippen LogP contribution in [0.2, 0.25) is 0 Å². The quantitative estimate of drug-likeness (QED) is 0.398. The minimum Gasteiger partial charge on any atom is -0.458 e. The monoisotopic (exact) mass is 306 g/mol.